The molecule has 18 heavy (non-hydrogen) atoms. The SMILES string of the molecule is C=CCNC(=S)C(C(=O)OCC)c1ccccn1. The van der Waals surface area contributed by atoms with Crippen molar-refractivity contribution in [1.29, 1.82) is 0 Å². The lowest BCUT2D eigenvalue weighted by Crippen LogP contribution is -2.33. The van der Waals surface area contributed by atoms with Gasteiger partial charge in [-0.1, -0.05) is 24.4 Å². The van der Waals surface area contributed by atoms with Gasteiger partial charge in [-0.25, -0.2) is 0 Å². The maximum absolute atomic E-state index is 11.9. The van der Waals surface area contributed by atoms with Crippen LogP contribution in [0.15, 0.2) is 37.1 Å². The van der Waals surface area contributed by atoms with E-state index in [1.54, 1.807) is 31.3 Å². The minimum absolute atomic E-state index is 0.312. The Balaban J connectivity index is 2.91. The number of nitrogens with zero attached hydrogens (tertiary/aromatic N) is 1. The van der Waals surface area contributed by atoms with Crippen LogP contribution in [0, 0.1) is 0 Å². The maximum atomic E-state index is 11.9. The van der Waals surface area contributed by atoms with E-state index in [2.05, 4.69) is 16.9 Å². The van der Waals surface area contributed by atoms with Crippen LogP contribution in [0.1, 0.15) is 18.5 Å². The lowest BCUT2D eigenvalue weighted by atomic mass is 10.0. The van der Waals surface area contributed by atoms with Gasteiger partial charge in [0, 0.05) is 12.7 Å². The quantitative estimate of drug-likeness (QED) is 0.482. The first kappa shape index (κ1) is 14.3. The first-order chi connectivity index (χ1) is 8.70. The predicted octanol–water partition coefficient (Wildman–Crippen LogP) is 1.83. The van der Waals surface area contributed by atoms with E-state index in [0.29, 0.717) is 23.8 Å². The van der Waals surface area contributed by atoms with E-state index in [-0.39, 0.29) is 0 Å². The van der Waals surface area contributed by atoms with Crippen molar-refractivity contribution < 1.29 is 9.53 Å². The fraction of sp³-hybridized carbons (Fsp3) is 0.308. The number of pyridine rings is 1. The summed E-state index contributed by atoms with van der Waals surface area (Å²) in [5.41, 5.74) is 0.581. The summed E-state index contributed by atoms with van der Waals surface area (Å²) in [5, 5.41) is 2.94. The molecule has 0 saturated heterocycles. The second-order valence-corrected chi connectivity index (χ2v) is 3.91. The van der Waals surface area contributed by atoms with E-state index in [1.807, 2.05) is 6.07 Å². The van der Waals surface area contributed by atoms with Gasteiger partial charge in [-0.3, -0.25) is 9.78 Å². The van der Waals surface area contributed by atoms with Crippen LogP contribution in [0.2, 0.25) is 0 Å². The van der Waals surface area contributed by atoms with Crippen LogP contribution in [0.4, 0.5) is 0 Å². The van der Waals surface area contributed by atoms with Crippen LogP contribution in [-0.4, -0.2) is 29.1 Å². The van der Waals surface area contributed by atoms with E-state index in [4.69, 9.17) is 17.0 Å². The van der Waals surface area contributed by atoms with Crippen LogP contribution in [-0.2, 0) is 9.53 Å². The van der Waals surface area contributed by atoms with Gasteiger partial charge in [0.15, 0.2) is 0 Å². The molecule has 0 amide bonds. The molecule has 1 aromatic heterocycles. The molecule has 1 rings (SSSR count). The Morgan fingerprint density at radius 3 is 3.00 bits per heavy atom. The standard InChI is InChI=1S/C13H16N2O2S/c1-3-8-15-12(18)11(13(16)17-4-2)10-7-5-6-9-14-10/h3,5-7,9,11H,1,4,8H2,2H3,(H,15,18). The Labute approximate surface area is 112 Å². The minimum atomic E-state index is -0.666. The van der Waals surface area contributed by atoms with E-state index in [0.717, 1.165) is 0 Å². The van der Waals surface area contributed by atoms with Gasteiger partial charge in [0.25, 0.3) is 0 Å². The van der Waals surface area contributed by atoms with Crippen LogP contribution in [0.5, 0.6) is 0 Å². The second-order valence-electron chi connectivity index (χ2n) is 3.47. The zero-order chi connectivity index (χ0) is 13.4. The number of aromatic nitrogens is 1. The third-order valence-corrected chi connectivity index (χ3v) is 2.57. The number of carbonyl (C=O) groups excluding carboxylic acids is 1. The molecular formula is C13H16N2O2S. The Morgan fingerprint density at radius 2 is 2.44 bits per heavy atom. The van der Waals surface area contributed by atoms with Gasteiger partial charge in [-0.2, -0.15) is 0 Å². The molecule has 0 aliphatic rings. The van der Waals surface area contributed by atoms with Crippen LogP contribution in [0.3, 0.4) is 0 Å². The summed E-state index contributed by atoms with van der Waals surface area (Å²) in [6.45, 7) is 6.16. The third-order valence-electron chi connectivity index (χ3n) is 2.19. The van der Waals surface area contributed by atoms with Crippen molar-refractivity contribution in [3.63, 3.8) is 0 Å². The molecule has 1 heterocycles. The molecule has 0 radical (unpaired) electrons. The molecule has 0 aliphatic carbocycles. The van der Waals surface area contributed by atoms with Crippen LogP contribution < -0.4 is 5.32 Å². The molecule has 0 fully saturated rings. The summed E-state index contributed by atoms with van der Waals surface area (Å²) in [6.07, 6.45) is 3.30. The molecule has 0 aliphatic heterocycles. The molecule has 4 nitrogen and oxygen atoms in total. The Bertz CT molecular complexity index is 420. The van der Waals surface area contributed by atoms with Crippen molar-refractivity contribution >= 4 is 23.2 Å². The largest absolute Gasteiger partial charge is 0.465 e. The van der Waals surface area contributed by atoms with Gasteiger partial charge in [-0.05, 0) is 19.1 Å². The lowest BCUT2D eigenvalue weighted by molar-refractivity contribution is -0.143. The fourth-order valence-electron chi connectivity index (χ4n) is 1.41. The first-order valence-corrected chi connectivity index (χ1v) is 6.07. The normalized spacial score (nSPS) is 11.4. The van der Waals surface area contributed by atoms with Gasteiger partial charge in [-0.15, -0.1) is 6.58 Å². The molecule has 1 N–H and O–H groups in total. The highest BCUT2D eigenvalue weighted by Gasteiger charge is 2.27. The van der Waals surface area contributed by atoms with Crippen molar-refractivity contribution in [1.82, 2.24) is 10.3 Å². The van der Waals surface area contributed by atoms with Gasteiger partial charge in [0.1, 0.15) is 5.92 Å². The molecular weight excluding hydrogens is 248 g/mol. The van der Waals surface area contributed by atoms with Crippen molar-refractivity contribution in [3.8, 4) is 0 Å². The number of hydrogen-bond acceptors (Lipinski definition) is 4. The number of esters is 1. The topological polar surface area (TPSA) is 51.2 Å². The number of rotatable bonds is 6. The summed E-state index contributed by atoms with van der Waals surface area (Å²) in [5.74, 6) is -1.06. The van der Waals surface area contributed by atoms with Gasteiger partial charge in [0.05, 0.1) is 17.3 Å². The number of nitrogens with one attached hydrogen (secondary N) is 1. The minimum Gasteiger partial charge on any atom is -0.465 e. The summed E-state index contributed by atoms with van der Waals surface area (Å²) < 4.78 is 5.03. The molecule has 0 spiro atoms. The van der Waals surface area contributed by atoms with Crippen molar-refractivity contribution in [2.75, 3.05) is 13.2 Å². The first-order valence-electron chi connectivity index (χ1n) is 5.66. The average Bonchev–Trinajstić information content (AvgIpc) is 2.38. The molecule has 1 unspecified atom stereocenters. The average molecular weight is 264 g/mol. The number of carbonyl (C=O) groups is 1. The Kier molecular flexibility index (Phi) is 6.00. The summed E-state index contributed by atoms with van der Waals surface area (Å²) in [6, 6.07) is 5.35. The van der Waals surface area contributed by atoms with Crippen LogP contribution in [0.25, 0.3) is 0 Å². The Morgan fingerprint density at radius 1 is 1.67 bits per heavy atom. The van der Waals surface area contributed by atoms with Gasteiger partial charge in [0.2, 0.25) is 0 Å². The number of thiocarbonyl (C=S) groups is 1. The molecule has 0 bridgehead atoms. The highest BCUT2D eigenvalue weighted by Crippen LogP contribution is 2.16. The molecule has 1 atom stereocenters. The van der Waals surface area contributed by atoms with E-state index in [1.165, 1.54) is 0 Å². The smallest absolute Gasteiger partial charge is 0.321 e. The zero-order valence-corrected chi connectivity index (χ0v) is 11.1. The molecule has 0 aromatic carbocycles. The highest BCUT2D eigenvalue weighted by atomic mass is 32.1. The van der Waals surface area contributed by atoms with Crippen molar-refractivity contribution in [2.45, 2.75) is 12.8 Å². The molecule has 0 saturated carbocycles. The fourth-order valence-corrected chi connectivity index (χ4v) is 1.71. The molecule has 96 valence electrons. The number of ether oxygens (including phenoxy) is 1. The van der Waals surface area contributed by atoms with E-state index >= 15 is 0 Å². The predicted molar refractivity (Wildman–Crippen MR) is 74.4 cm³/mol. The van der Waals surface area contributed by atoms with Crippen molar-refractivity contribution in [2.24, 2.45) is 0 Å². The summed E-state index contributed by atoms with van der Waals surface area (Å²) in [4.78, 5) is 16.5. The highest BCUT2D eigenvalue weighted by molar-refractivity contribution is 7.80. The van der Waals surface area contributed by atoms with Crippen molar-refractivity contribution in [3.05, 3.63) is 42.7 Å². The monoisotopic (exact) mass is 264 g/mol. The number of hydrogen-bond donors (Lipinski definition) is 1. The molecule has 5 heteroatoms. The van der Waals surface area contributed by atoms with Gasteiger partial charge >= 0.3 is 5.97 Å². The second kappa shape index (κ2) is 7.55. The third kappa shape index (κ3) is 3.92. The summed E-state index contributed by atoms with van der Waals surface area (Å²) in [7, 11) is 0. The molecule has 1 aromatic rings. The van der Waals surface area contributed by atoms with E-state index in [9.17, 15) is 4.79 Å². The maximum Gasteiger partial charge on any atom is 0.321 e. The van der Waals surface area contributed by atoms with E-state index < -0.39 is 11.9 Å². The Hall–Kier alpha value is -1.75. The summed E-state index contributed by atoms with van der Waals surface area (Å²) >= 11 is 5.21. The van der Waals surface area contributed by atoms with Crippen LogP contribution >= 0.6 is 12.2 Å². The zero-order valence-electron chi connectivity index (χ0n) is 10.3. The van der Waals surface area contributed by atoms with Gasteiger partial charge < -0.3 is 10.1 Å². The lowest BCUT2D eigenvalue weighted by Gasteiger charge is -2.16.